The summed E-state index contributed by atoms with van der Waals surface area (Å²) in [5.41, 5.74) is 5.51. The number of nitrogens with one attached hydrogen (secondary N) is 2. The Hall–Kier alpha value is -3.11. The van der Waals surface area contributed by atoms with Gasteiger partial charge >= 0.3 is 0 Å². The second kappa shape index (κ2) is 13.6. The van der Waals surface area contributed by atoms with Crippen molar-refractivity contribution >= 4 is 35.3 Å². The molecule has 3 N–H and O–H groups in total. The van der Waals surface area contributed by atoms with Crippen molar-refractivity contribution in [1.82, 2.24) is 25.5 Å². The minimum Gasteiger partial charge on any atom is -0.289 e. The fraction of sp³-hybridized carbons (Fsp3) is 0.458. The number of aromatic nitrogens is 2. The van der Waals surface area contributed by atoms with E-state index in [2.05, 4.69) is 15.0 Å². The summed E-state index contributed by atoms with van der Waals surface area (Å²) in [5.74, 6) is -3.01. The van der Waals surface area contributed by atoms with E-state index in [0.717, 1.165) is 17.1 Å². The van der Waals surface area contributed by atoms with Gasteiger partial charge in [0.2, 0.25) is 11.8 Å². The molecule has 0 saturated heterocycles. The first-order valence-electron chi connectivity index (χ1n) is 11.3. The summed E-state index contributed by atoms with van der Waals surface area (Å²) in [5, 5.41) is 15.9. The summed E-state index contributed by atoms with van der Waals surface area (Å²) >= 11 is 1.05. The number of nitrogens with zero attached hydrogens (tertiary/aromatic N) is 3. The molecule has 0 unspecified atom stereocenters. The molecule has 0 aliphatic carbocycles. The molecule has 2 rings (SSSR count). The van der Waals surface area contributed by atoms with Gasteiger partial charge in [-0.15, -0.1) is 5.10 Å². The van der Waals surface area contributed by atoms with Crippen molar-refractivity contribution in [2.45, 2.75) is 40.5 Å². The molecule has 0 spiro atoms. The molecular formula is C24H33N5O4S. The lowest BCUT2D eigenvalue weighted by Crippen LogP contribution is -2.52. The molecule has 9 nitrogen and oxygen atoms in total. The number of hydrogen-bond acceptors (Lipinski definition) is 7. The highest BCUT2D eigenvalue weighted by molar-refractivity contribution is 7.03. The van der Waals surface area contributed by atoms with Crippen LogP contribution < -0.4 is 10.9 Å². The first-order chi connectivity index (χ1) is 16.2. The Morgan fingerprint density at radius 1 is 1.06 bits per heavy atom. The Kier molecular flexibility index (Phi) is 10.8. The van der Waals surface area contributed by atoms with E-state index in [0.29, 0.717) is 6.42 Å². The van der Waals surface area contributed by atoms with E-state index in [9.17, 15) is 19.6 Å². The van der Waals surface area contributed by atoms with Crippen molar-refractivity contribution in [2.24, 2.45) is 23.7 Å². The summed E-state index contributed by atoms with van der Waals surface area (Å²) in [6.45, 7) is 8.01. The Morgan fingerprint density at radius 3 is 2.32 bits per heavy atom. The maximum Gasteiger partial charge on any atom is 0.293 e. The van der Waals surface area contributed by atoms with Crippen molar-refractivity contribution < 1.29 is 19.6 Å². The molecule has 0 aliphatic heterocycles. The third kappa shape index (κ3) is 8.35. The van der Waals surface area contributed by atoms with E-state index < -0.39 is 29.6 Å². The normalized spacial score (nSPS) is 13.1. The van der Waals surface area contributed by atoms with Crippen LogP contribution in [0.2, 0.25) is 0 Å². The van der Waals surface area contributed by atoms with Gasteiger partial charge in [0.05, 0.1) is 11.8 Å². The van der Waals surface area contributed by atoms with E-state index in [1.807, 2.05) is 70.2 Å². The molecule has 0 bridgehead atoms. The van der Waals surface area contributed by atoms with Gasteiger partial charge in [0.25, 0.3) is 5.91 Å². The second-order valence-electron chi connectivity index (χ2n) is 8.94. The highest BCUT2D eigenvalue weighted by Crippen LogP contribution is 2.26. The Balaban J connectivity index is 2.27. The third-order valence-corrected chi connectivity index (χ3v) is 5.62. The van der Waals surface area contributed by atoms with Crippen LogP contribution in [0.25, 0.3) is 6.08 Å². The molecule has 0 saturated carbocycles. The van der Waals surface area contributed by atoms with E-state index in [1.54, 1.807) is 5.48 Å². The molecule has 0 radical (unpaired) electrons. The topological polar surface area (TPSA) is 125 Å². The van der Waals surface area contributed by atoms with Crippen molar-refractivity contribution in [3.05, 3.63) is 53.0 Å². The lowest BCUT2D eigenvalue weighted by molar-refractivity contribution is -0.142. The minimum absolute atomic E-state index is 0.0738. The van der Waals surface area contributed by atoms with E-state index in [1.165, 1.54) is 10.4 Å². The van der Waals surface area contributed by atoms with Crippen molar-refractivity contribution in [3.8, 4) is 0 Å². The standard InChI is InChI=1S/C24H33N5O4S/c1-16(2)13-20(19(23(31)27-33)12-8-11-18-9-6-5-7-10-18)22(30)26-29(14-17(3)4)24(32)21-15-34-28-25-21/h5-11,15-17,19-20,33H,12-14H2,1-4H3,(H,26,30)(H,27,31)/t19-,20+/m0/s1. The van der Waals surface area contributed by atoms with Crippen molar-refractivity contribution in [1.29, 1.82) is 0 Å². The number of hydrazine groups is 1. The monoisotopic (exact) mass is 487 g/mol. The fourth-order valence-corrected chi connectivity index (χ4v) is 4.00. The number of hydroxylamine groups is 1. The molecule has 1 aromatic carbocycles. The highest BCUT2D eigenvalue weighted by atomic mass is 32.1. The molecule has 2 atom stereocenters. The summed E-state index contributed by atoms with van der Waals surface area (Å²) in [4.78, 5) is 38.9. The van der Waals surface area contributed by atoms with Gasteiger partial charge in [0.15, 0.2) is 5.69 Å². The van der Waals surface area contributed by atoms with Gasteiger partial charge in [-0.3, -0.25) is 25.0 Å². The van der Waals surface area contributed by atoms with Gasteiger partial charge in [0.1, 0.15) is 0 Å². The van der Waals surface area contributed by atoms with Crippen LogP contribution in [-0.2, 0) is 9.59 Å². The largest absolute Gasteiger partial charge is 0.293 e. The van der Waals surface area contributed by atoms with Crippen LogP contribution in [-0.4, -0.2) is 44.1 Å². The average molecular weight is 488 g/mol. The van der Waals surface area contributed by atoms with E-state index in [4.69, 9.17) is 0 Å². The van der Waals surface area contributed by atoms with Gasteiger partial charge in [-0.2, -0.15) is 0 Å². The zero-order valence-electron chi connectivity index (χ0n) is 20.0. The lowest BCUT2D eigenvalue weighted by atomic mass is 9.82. The Bertz CT molecular complexity index is 948. The van der Waals surface area contributed by atoms with Crippen LogP contribution in [0.15, 0.2) is 41.8 Å². The van der Waals surface area contributed by atoms with Gasteiger partial charge < -0.3 is 0 Å². The van der Waals surface area contributed by atoms with Crippen LogP contribution in [0.3, 0.4) is 0 Å². The first-order valence-corrected chi connectivity index (χ1v) is 12.1. The molecule has 2 aromatic rings. The minimum atomic E-state index is -0.829. The molecular weight excluding hydrogens is 454 g/mol. The van der Waals surface area contributed by atoms with Crippen LogP contribution in [0.1, 0.15) is 56.6 Å². The quantitative estimate of drug-likeness (QED) is 0.329. The third-order valence-electron chi connectivity index (χ3n) is 5.11. The second-order valence-corrected chi connectivity index (χ2v) is 9.55. The van der Waals surface area contributed by atoms with Gasteiger partial charge in [-0.25, -0.2) is 10.5 Å². The van der Waals surface area contributed by atoms with Gasteiger partial charge in [-0.1, -0.05) is 74.7 Å². The molecule has 34 heavy (non-hydrogen) atoms. The van der Waals surface area contributed by atoms with E-state index in [-0.39, 0.29) is 30.5 Å². The van der Waals surface area contributed by atoms with Gasteiger partial charge in [0, 0.05) is 11.9 Å². The number of carbonyl (C=O) groups excluding carboxylic acids is 3. The smallest absolute Gasteiger partial charge is 0.289 e. The SMILES string of the molecule is CC(C)C[C@@H](C(=O)NN(CC(C)C)C(=O)c1csnn1)[C@H](CC=Cc1ccccc1)C(=O)NO. The maximum atomic E-state index is 13.4. The fourth-order valence-electron chi connectivity index (χ4n) is 3.57. The number of rotatable bonds is 11. The maximum absolute atomic E-state index is 13.4. The first kappa shape index (κ1) is 27.1. The molecule has 3 amide bonds. The molecule has 1 aromatic heterocycles. The molecule has 10 heteroatoms. The highest BCUT2D eigenvalue weighted by Gasteiger charge is 2.35. The lowest BCUT2D eigenvalue weighted by Gasteiger charge is -2.30. The summed E-state index contributed by atoms with van der Waals surface area (Å²) < 4.78 is 3.72. The summed E-state index contributed by atoms with van der Waals surface area (Å²) in [7, 11) is 0. The number of carbonyl (C=O) groups is 3. The predicted octanol–water partition coefficient (Wildman–Crippen LogP) is 3.55. The van der Waals surface area contributed by atoms with Crippen LogP contribution in [0, 0.1) is 23.7 Å². The number of amides is 3. The van der Waals surface area contributed by atoms with E-state index >= 15 is 0 Å². The van der Waals surface area contributed by atoms with Crippen LogP contribution >= 0.6 is 11.5 Å². The van der Waals surface area contributed by atoms with Crippen LogP contribution in [0.4, 0.5) is 0 Å². The average Bonchev–Trinajstić information content (AvgIpc) is 3.34. The molecule has 1 heterocycles. The Morgan fingerprint density at radius 2 is 1.76 bits per heavy atom. The van der Waals surface area contributed by atoms with Gasteiger partial charge in [-0.05, 0) is 41.8 Å². The molecule has 0 fully saturated rings. The number of hydrogen-bond donors (Lipinski definition) is 3. The predicted molar refractivity (Wildman–Crippen MR) is 130 cm³/mol. The summed E-state index contributed by atoms with van der Waals surface area (Å²) in [6, 6.07) is 9.58. The Labute approximate surface area is 204 Å². The van der Waals surface area contributed by atoms with Crippen molar-refractivity contribution in [3.63, 3.8) is 0 Å². The van der Waals surface area contributed by atoms with Crippen LogP contribution in [0.5, 0.6) is 0 Å². The number of allylic oxidation sites excluding steroid dienone is 1. The zero-order valence-corrected chi connectivity index (χ0v) is 20.8. The van der Waals surface area contributed by atoms with Crippen molar-refractivity contribution in [2.75, 3.05) is 6.54 Å². The number of benzene rings is 1. The molecule has 184 valence electrons. The zero-order chi connectivity index (χ0) is 25.1. The summed E-state index contributed by atoms with van der Waals surface area (Å²) in [6.07, 6.45) is 4.31. The molecule has 0 aliphatic rings.